The molecule has 1 N–H and O–H groups in total. The Morgan fingerprint density at radius 2 is 1.62 bits per heavy atom. The quantitative estimate of drug-likeness (QED) is 0.773. The lowest BCUT2D eigenvalue weighted by Crippen LogP contribution is -2.48. The van der Waals surface area contributed by atoms with Crippen LogP contribution in [0.5, 0.6) is 0 Å². The Hall–Kier alpha value is -0.850. The molecule has 3 aliphatic heterocycles. The molecular formula is C22H35Cl2N3O2. The van der Waals surface area contributed by atoms with E-state index < -0.39 is 0 Å². The van der Waals surface area contributed by atoms with Crippen LogP contribution >= 0.6 is 24.8 Å². The van der Waals surface area contributed by atoms with Crippen LogP contribution in [0.3, 0.4) is 0 Å². The van der Waals surface area contributed by atoms with Gasteiger partial charge in [-0.2, -0.15) is 0 Å². The van der Waals surface area contributed by atoms with E-state index in [0.29, 0.717) is 18.1 Å². The minimum Gasteiger partial charge on any atom is -0.373 e. The molecule has 0 saturated carbocycles. The van der Waals surface area contributed by atoms with E-state index in [-0.39, 0.29) is 42.9 Å². The molecule has 3 heterocycles. The summed E-state index contributed by atoms with van der Waals surface area (Å²) < 4.78 is 5.81. The van der Waals surface area contributed by atoms with Gasteiger partial charge in [0.2, 0.25) is 0 Å². The van der Waals surface area contributed by atoms with Crippen LogP contribution in [0.2, 0.25) is 0 Å². The van der Waals surface area contributed by atoms with Gasteiger partial charge in [0.25, 0.3) is 5.91 Å². The fourth-order valence-corrected chi connectivity index (χ4v) is 5.14. The summed E-state index contributed by atoms with van der Waals surface area (Å²) >= 11 is 0. The number of halogens is 2. The van der Waals surface area contributed by atoms with Crippen LogP contribution in [-0.2, 0) is 11.3 Å². The Bertz CT molecular complexity index is 651. The van der Waals surface area contributed by atoms with Gasteiger partial charge in [0.1, 0.15) is 0 Å². The van der Waals surface area contributed by atoms with Gasteiger partial charge in [0, 0.05) is 50.4 Å². The molecule has 164 valence electrons. The molecule has 1 aromatic rings. The van der Waals surface area contributed by atoms with E-state index in [0.717, 1.165) is 38.0 Å². The van der Waals surface area contributed by atoms with E-state index in [2.05, 4.69) is 36.2 Å². The van der Waals surface area contributed by atoms with Crippen molar-refractivity contribution < 1.29 is 9.53 Å². The molecule has 3 fully saturated rings. The van der Waals surface area contributed by atoms with Crippen molar-refractivity contribution in [3.05, 3.63) is 35.4 Å². The molecule has 0 aliphatic carbocycles. The molecule has 7 heteroatoms. The molecule has 4 atom stereocenters. The number of carbonyl (C=O) groups is 1. The largest absolute Gasteiger partial charge is 0.373 e. The number of morpholine rings is 1. The van der Waals surface area contributed by atoms with Crippen LogP contribution in [0.25, 0.3) is 0 Å². The maximum Gasteiger partial charge on any atom is 0.253 e. The highest BCUT2D eigenvalue weighted by Crippen LogP contribution is 2.30. The standard InChI is InChI=1S/C22H33N3O2.2ClH/c1-15-12-25(13-16(2)27-15)14-17-4-6-18(7-5-17)22(26)24(3)21-10-19-8-9-20(11-21)23-19;;/h4-7,15-16,19-21,23H,8-14H2,1-3H3;2*1H. The zero-order chi connectivity index (χ0) is 19.0. The summed E-state index contributed by atoms with van der Waals surface area (Å²) in [4.78, 5) is 17.4. The van der Waals surface area contributed by atoms with E-state index in [9.17, 15) is 4.79 Å². The third-order valence-corrected chi connectivity index (χ3v) is 6.42. The van der Waals surface area contributed by atoms with Crippen molar-refractivity contribution in [2.45, 2.75) is 76.4 Å². The van der Waals surface area contributed by atoms with Crippen molar-refractivity contribution in [1.29, 1.82) is 0 Å². The van der Waals surface area contributed by atoms with E-state index in [1.807, 2.05) is 24.1 Å². The number of nitrogens with one attached hydrogen (secondary N) is 1. The summed E-state index contributed by atoms with van der Waals surface area (Å²) in [6.07, 6.45) is 5.26. The lowest BCUT2D eigenvalue weighted by Gasteiger charge is -2.36. The van der Waals surface area contributed by atoms with Gasteiger partial charge in [-0.05, 0) is 57.2 Å². The Labute approximate surface area is 187 Å². The lowest BCUT2D eigenvalue weighted by atomic mass is 9.98. The highest BCUT2D eigenvalue weighted by atomic mass is 35.5. The van der Waals surface area contributed by atoms with Crippen LogP contribution in [0, 0.1) is 0 Å². The zero-order valence-corrected chi connectivity index (χ0v) is 19.3. The van der Waals surface area contributed by atoms with E-state index in [1.165, 1.54) is 18.4 Å². The predicted octanol–water partition coefficient (Wildman–Crippen LogP) is 3.49. The minimum absolute atomic E-state index is 0. The van der Waals surface area contributed by atoms with E-state index in [1.54, 1.807) is 0 Å². The summed E-state index contributed by atoms with van der Waals surface area (Å²) in [6.45, 7) is 7.11. The summed E-state index contributed by atoms with van der Waals surface area (Å²) in [6, 6.07) is 9.78. The van der Waals surface area contributed by atoms with Crippen molar-refractivity contribution in [3.8, 4) is 0 Å². The molecule has 4 rings (SSSR count). The Morgan fingerprint density at radius 1 is 1.07 bits per heavy atom. The van der Waals surface area contributed by atoms with Gasteiger partial charge in [-0.1, -0.05) is 12.1 Å². The number of benzene rings is 1. The number of rotatable bonds is 4. The first-order chi connectivity index (χ1) is 13.0. The normalized spacial score (nSPS) is 31.5. The number of hydrogen-bond acceptors (Lipinski definition) is 4. The topological polar surface area (TPSA) is 44.8 Å². The van der Waals surface area contributed by atoms with E-state index >= 15 is 0 Å². The number of ether oxygens (including phenoxy) is 1. The molecule has 1 aromatic carbocycles. The first-order valence-corrected chi connectivity index (χ1v) is 10.5. The molecule has 0 aromatic heterocycles. The average Bonchev–Trinajstić information content (AvgIpc) is 2.98. The molecule has 0 spiro atoms. The van der Waals surface area contributed by atoms with Crippen LogP contribution in [0.1, 0.15) is 55.5 Å². The summed E-state index contributed by atoms with van der Waals surface area (Å²) in [7, 11) is 1.97. The Kier molecular flexibility index (Phi) is 8.80. The average molecular weight is 444 g/mol. The summed E-state index contributed by atoms with van der Waals surface area (Å²) in [5.41, 5.74) is 2.06. The van der Waals surface area contributed by atoms with Crippen LogP contribution in [0.15, 0.2) is 24.3 Å². The number of fused-ring (bicyclic) bond motifs is 2. The first kappa shape index (κ1) is 24.4. The fraction of sp³-hybridized carbons (Fsp3) is 0.682. The number of carbonyl (C=O) groups excluding carboxylic acids is 1. The minimum atomic E-state index is 0. The SMILES string of the molecule is CC1CN(Cc2ccc(C(=O)N(C)C3CC4CCC(C3)N4)cc2)CC(C)O1.Cl.Cl. The Morgan fingerprint density at radius 3 is 2.17 bits per heavy atom. The van der Waals surface area contributed by atoms with Crippen molar-refractivity contribution in [2.24, 2.45) is 0 Å². The van der Waals surface area contributed by atoms with Crippen molar-refractivity contribution >= 4 is 30.7 Å². The molecule has 4 unspecified atom stereocenters. The number of piperidine rings is 1. The maximum absolute atomic E-state index is 12.9. The second kappa shape index (κ2) is 10.5. The highest BCUT2D eigenvalue weighted by molar-refractivity contribution is 5.94. The molecule has 3 saturated heterocycles. The second-order valence-corrected chi connectivity index (χ2v) is 8.83. The molecule has 1 amide bonds. The fourth-order valence-electron chi connectivity index (χ4n) is 5.14. The van der Waals surface area contributed by atoms with Crippen LogP contribution < -0.4 is 5.32 Å². The van der Waals surface area contributed by atoms with Gasteiger partial charge in [-0.25, -0.2) is 0 Å². The molecular weight excluding hydrogens is 409 g/mol. The van der Waals surface area contributed by atoms with Crippen LogP contribution in [-0.4, -0.2) is 66.2 Å². The summed E-state index contributed by atoms with van der Waals surface area (Å²) in [5, 5.41) is 3.65. The van der Waals surface area contributed by atoms with Crippen molar-refractivity contribution in [2.75, 3.05) is 20.1 Å². The smallest absolute Gasteiger partial charge is 0.253 e. The van der Waals surface area contributed by atoms with Crippen molar-refractivity contribution in [3.63, 3.8) is 0 Å². The van der Waals surface area contributed by atoms with Gasteiger partial charge in [0.05, 0.1) is 12.2 Å². The van der Waals surface area contributed by atoms with Gasteiger partial charge in [-0.15, -0.1) is 24.8 Å². The monoisotopic (exact) mass is 443 g/mol. The highest BCUT2D eigenvalue weighted by Gasteiger charge is 2.36. The molecule has 29 heavy (non-hydrogen) atoms. The number of nitrogens with zero attached hydrogens (tertiary/aromatic N) is 2. The van der Waals surface area contributed by atoms with Gasteiger partial charge >= 0.3 is 0 Å². The molecule has 3 aliphatic rings. The number of hydrogen-bond donors (Lipinski definition) is 1. The van der Waals surface area contributed by atoms with Gasteiger partial charge in [-0.3, -0.25) is 9.69 Å². The summed E-state index contributed by atoms with van der Waals surface area (Å²) in [5.74, 6) is 0.154. The molecule has 2 bridgehead atoms. The third-order valence-electron chi connectivity index (χ3n) is 6.42. The van der Waals surface area contributed by atoms with E-state index in [4.69, 9.17) is 4.74 Å². The number of amides is 1. The van der Waals surface area contributed by atoms with Crippen molar-refractivity contribution in [1.82, 2.24) is 15.1 Å². The van der Waals surface area contributed by atoms with Crippen LogP contribution in [0.4, 0.5) is 0 Å². The van der Waals surface area contributed by atoms with Gasteiger partial charge in [0.15, 0.2) is 0 Å². The predicted molar refractivity (Wildman–Crippen MR) is 121 cm³/mol. The molecule has 5 nitrogen and oxygen atoms in total. The zero-order valence-electron chi connectivity index (χ0n) is 17.7. The lowest BCUT2D eigenvalue weighted by molar-refractivity contribution is -0.0704. The second-order valence-electron chi connectivity index (χ2n) is 8.83. The molecule has 0 radical (unpaired) electrons. The maximum atomic E-state index is 12.9. The third kappa shape index (κ3) is 5.86. The van der Waals surface area contributed by atoms with Gasteiger partial charge < -0.3 is 15.0 Å². The Balaban J connectivity index is 0.00000150. The first-order valence-electron chi connectivity index (χ1n) is 10.5.